The molecule has 1 aliphatic heterocycles. The summed E-state index contributed by atoms with van der Waals surface area (Å²) < 4.78 is 6.69. The van der Waals surface area contributed by atoms with Gasteiger partial charge in [-0.3, -0.25) is 9.59 Å². The lowest BCUT2D eigenvalue weighted by Gasteiger charge is -2.25. The van der Waals surface area contributed by atoms with Crippen LogP contribution in [0.3, 0.4) is 0 Å². The smallest absolute Gasteiger partial charge is 0.354 e. The number of Topliss-reactive ketones (excluding diaryl/α,β-unsaturated/α-hetero) is 1. The molecule has 3 heterocycles. The van der Waals surface area contributed by atoms with Gasteiger partial charge in [-0.25, -0.2) is 9.78 Å². The van der Waals surface area contributed by atoms with Crippen molar-refractivity contribution < 1.29 is 24.2 Å². The maximum atomic E-state index is 13.2. The van der Waals surface area contributed by atoms with E-state index in [2.05, 4.69) is 9.97 Å². The molecule has 1 aromatic carbocycles. The molecule has 0 saturated carbocycles. The van der Waals surface area contributed by atoms with Gasteiger partial charge in [0.2, 0.25) is 0 Å². The average molecular weight is 497 g/mol. The Morgan fingerprint density at radius 2 is 1.91 bits per heavy atom. The van der Waals surface area contributed by atoms with Crippen LogP contribution in [0.4, 0.5) is 0 Å². The van der Waals surface area contributed by atoms with Gasteiger partial charge in [0.1, 0.15) is 11.5 Å². The first-order chi connectivity index (χ1) is 16.7. The average Bonchev–Trinajstić information content (AvgIpc) is 3.52. The lowest BCUT2D eigenvalue weighted by Crippen LogP contribution is -2.31. The summed E-state index contributed by atoms with van der Waals surface area (Å²) in [5.74, 6) is -2.43. The van der Waals surface area contributed by atoms with Crippen LogP contribution in [0.15, 0.2) is 48.6 Å². The number of esters is 1. The second kappa shape index (κ2) is 9.79. The molecule has 1 amide bonds. The minimum atomic E-state index is -0.815. The summed E-state index contributed by atoms with van der Waals surface area (Å²) in [4.78, 5) is 46.9. The number of amides is 1. The van der Waals surface area contributed by atoms with Gasteiger partial charge in [0.15, 0.2) is 0 Å². The van der Waals surface area contributed by atoms with Gasteiger partial charge in [-0.05, 0) is 43.5 Å². The normalized spacial score (nSPS) is 17.3. The van der Waals surface area contributed by atoms with Gasteiger partial charge in [0, 0.05) is 41.8 Å². The van der Waals surface area contributed by atoms with Crippen LogP contribution in [0.25, 0.3) is 5.76 Å². The predicted octanol–water partition coefficient (Wildman–Crippen LogP) is 3.78. The molecule has 0 radical (unpaired) electrons. The standard InChI is InChI=1S/C25H25ClN4O5/c1-14-18(15(2)28-20(14)25(34)35-3)22(31)19-21(16-5-7-17(26)8-6-16)30(24(33)23(19)32)11-4-10-29-12-9-27-13-29/h5-9,12-13,21,28,31H,4,10-11H2,1-3H3/b22-19-. The van der Waals surface area contributed by atoms with Crippen LogP contribution < -0.4 is 0 Å². The van der Waals surface area contributed by atoms with Crippen molar-refractivity contribution in [1.29, 1.82) is 0 Å². The Morgan fingerprint density at radius 3 is 2.54 bits per heavy atom. The highest BCUT2D eigenvalue weighted by Crippen LogP contribution is 2.41. The van der Waals surface area contributed by atoms with Crippen molar-refractivity contribution in [3.05, 3.63) is 81.7 Å². The Kier molecular flexibility index (Phi) is 6.79. The van der Waals surface area contributed by atoms with Crippen molar-refractivity contribution in [3.63, 3.8) is 0 Å². The van der Waals surface area contributed by atoms with E-state index in [4.69, 9.17) is 16.3 Å². The minimum Gasteiger partial charge on any atom is -0.507 e. The number of halogens is 1. The van der Waals surface area contributed by atoms with Crippen LogP contribution in [-0.4, -0.2) is 55.9 Å². The maximum Gasteiger partial charge on any atom is 0.354 e. The lowest BCUT2D eigenvalue weighted by molar-refractivity contribution is -0.139. The summed E-state index contributed by atoms with van der Waals surface area (Å²) in [6.07, 6.45) is 5.74. The number of aromatic amines is 1. The van der Waals surface area contributed by atoms with E-state index < -0.39 is 23.7 Å². The second-order valence-corrected chi connectivity index (χ2v) is 8.75. The molecule has 1 atom stereocenters. The third-order valence-electron chi connectivity index (χ3n) is 6.16. The Labute approximate surface area is 207 Å². The van der Waals surface area contributed by atoms with Crippen molar-refractivity contribution in [3.8, 4) is 0 Å². The summed E-state index contributed by atoms with van der Waals surface area (Å²) in [6, 6.07) is 5.98. The van der Waals surface area contributed by atoms with Gasteiger partial charge in [0.05, 0.1) is 25.1 Å². The number of methoxy groups -OCH3 is 1. The van der Waals surface area contributed by atoms with Gasteiger partial charge in [-0.15, -0.1) is 0 Å². The molecule has 182 valence electrons. The molecule has 4 rings (SSSR count). The number of aliphatic hydroxyl groups excluding tert-OH is 1. The van der Waals surface area contributed by atoms with Crippen LogP contribution in [0, 0.1) is 13.8 Å². The van der Waals surface area contributed by atoms with E-state index in [-0.39, 0.29) is 23.6 Å². The first-order valence-electron chi connectivity index (χ1n) is 11.0. The largest absolute Gasteiger partial charge is 0.507 e. The molecule has 1 fully saturated rings. The Morgan fingerprint density at radius 1 is 1.20 bits per heavy atom. The Balaban J connectivity index is 1.79. The van der Waals surface area contributed by atoms with E-state index in [0.717, 1.165) is 0 Å². The first-order valence-corrected chi connectivity index (χ1v) is 11.4. The first kappa shape index (κ1) is 24.3. The number of aliphatic hydroxyl groups is 1. The number of carbonyl (C=O) groups is 3. The van der Waals surface area contributed by atoms with Crippen molar-refractivity contribution >= 4 is 35.0 Å². The molecule has 1 saturated heterocycles. The summed E-state index contributed by atoms with van der Waals surface area (Å²) in [5, 5.41) is 11.9. The molecule has 2 aromatic heterocycles. The van der Waals surface area contributed by atoms with Gasteiger partial charge in [0.25, 0.3) is 11.7 Å². The number of nitrogens with one attached hydrogen (secondary N) is 1. The molecule has 0 spiro atoms. The fraction of sp³-hybridized carbons (Fsp3) is 0.280. The van der Waals surface area contributed by atoms with Crippen molar-refractivity contribution in [1.82, 2.24) is 19.4 Å². The number of imidazole rings is 1. The molecule has 0 aliphatic carbocycles. The lowest BCUT2D eigenvalue weighted by atomic mass is 9.94. The summed E-state index contributed by atoms with van der Waals surface area (Å²) in [5.41, 5.74) is 1.96. The summed E-state index contributed by atoms with van der Waals surface area (Å²) in [7, 11) is 1.26. The molecule has 1 unspecified atom stereocenters. The van der Waals surface area contributed by atoms with Gasteiger partial charge >= 0.3 is 5.97 Å². The number of rotatable bonds is 7. The molecule has 1 aliphatic rings. The van der Waals surface area contributed by atoms with Crippen LogP contribution >= 0.6 is 11.6 Å². The highest BCUT2D eigenvalue weighted by molar-refractivity contribution is 6.46. The van der Waals surface area contributed by atoms with E-state index in [0.29, 0.717) is 40.4 Å². The molecule has 35 heavy (non-hydrogen) atoms. The molecular weight excluding hydrogens is 472 g/mol. The number of nitrogens with zero attached hydrogens (tertiary/aromatic N) is 3. The maximum absolute atomic E-state index is 13.2. The zero-order valence-corrected chi connectivity index (χ0v) is 20.3. The second-order valence-electron chi connectivity index (χ2n) is 8.31. The zero-order valence-electron chi connectivity index (χ0n) is 19.5. The topological polar surface area (TPSA) is 118 Å². The number of benzene rings is 1. The summed E-state index contributed by atoms with van der Waals surface area (Å²) in [6.45, 7) is 4.20. The quantitative estimate of drug-likeness (QED) is 0.222. The number of hydrogen-bond acceptors (Lipinski definition) is 6. The SMILES string of the molecule is COC(=O)c1[nH]c(C)c(/C(O)=C2/C(=O)C(=O)N(CCCn3ccnc3)C2c2ccc(Cl)cc2)c1C. The van der Waals surface area contributed by atoms with Gasteiger partial charge in [-0.2, -0.15) is 0 Å². The monoisotopic (exact) mass is 496 g/mol. The number of aromatic nitrogens is 3. The zero-order chi connectivity index (χ0) is 25.3. The van der Waals surface area contributed by atoms with Crippen LogP contribution in [0.2, 0.25) is 5.02 Å². The van der Waals surface area contributed by atoms with Crippen molar-refractivity contribution in [2.75, 3.05) is 13.7 Å². The molecular formula is C25H25ClN4O5. The predicted molar refractivity (Wildman–Crippen MR) is 129 cm³/mol. The van der Waals surface area contributed by atoms with Crippen LogP contribution in [0.5, 0.6) is 0 Å². The van der Waals surface area contributed by atoms with E-state index in [9.17, 15) is 19.5 Å². The van der Waals surface area contributed by atoms with Crippen molar-refractivity contribution in [2.45, 2.75) is 32.9 Å². The third-order valence-corrected chi connectivity index (χ3v) is 6.42. The number of likely N-dealkylation sites (tertiary alicyclic amines) is 1. The molecule has 2 N–H and O–H groups in total. The highest BCUT2D eigenvalue weighted by atomic mass is 35.5. The molecule has 3 aromatic rings. The van der Waals surface area contributed by atoms with E-state index >= 15 is 0 Å². The Hall–Kier alpha value is -3.85. The fourth-order valence-corrected chi connectivity index (χ4v) is 4.62. The van der Waals surface area contributed by atoms with Gasteiger partial charge in [-0.1, -0.05) is 23.7 Å². The van der Waals surface area contributed by atoms with Gasteiger partial charge < -0.3 is 24.3 Å². The third kappa shape index (κ3) is 4.46. The molecule has 10 heteroatoms. The summed E-state index contributed by atoms with van der Waals surface area (Å²) >= 11 is 6.07. The Bertz CT molecular complexity index is 1310. The van der Waals surface area contributed by atoms with E-state index in [1.807, 2.05) is 10.8 Å². The van der Waals surface area contributed by atoms with E-state index in [1.54, 1.807) is 50.6 Å². The fourth-order valence-electron chi connectivity index (χ4n) is 4.49. The van der Waals surface area contributed by atoms with Crippen LogP contribution in [0.1, 0.15) is 45.3 Å². The van der Waals surface area contributed by atoms with Crippen molar-refractivity contribution in [2.24, 2.45) is 0 Å². The highest BCUT2D eigenvalue weighted by Gasteiger charge is 2.46. The number of aryl methyl sites for hydroxylation is 2. The number of H-pyrrole nitrogens is 1. The number of carbonyl (C=O) groups excluding carboxylic acids is 3. The minimum absolute atomic E-state index is 0.0402. The number of ether oxygens (including phenoxy) is 1. The molecule has 9 nitrogen and oxygen atoms in total. The molecule has 0 bridgehead atoms. The number of hydrogen-bond donors (Lipinski definition) is 2. The van der Waals surface area contributed by atoms with E-state index in [1.165, 1.54) is 12.0 Å². The van der Waals surface area contributed by atoms with Crippen LogP contribution in [-0.2, 0) is 20.9 Å². The number of ketones is 1.